The average molecular weight is 252 g/mol. The summed E-state index contributed by atoms with van der Waals surface area (Å²) in [5.74, 6) is 0. The highest BCUT2D eigenvalue weighted by Crippen LogP contribution is 2.30. The highest BCUT2D eigenvalue weighted by Gasteiger charge is 2.39. The zero-order valence-electron chi connectivity index (χ0n) is 9.88. The molecule has 5 nitrogen and oxygen atoms in total. The van der Waals surface area contributed by atoms with E-state index in [4.69, 9.17) is 4.74 Å². The van der Waals surface area contributed by atoms with E-state index >= 15 is 0 Å². The van der Waals surface area contributed by atoms with Crippen LogP contribution in [-0.4, -0.2) is 35.3 Å². The average Bonchev–Trinajstić information content (AvgIpc) is 2.61. The minimum absolute atomic E-state index is 0.0461. The van der Waals surface area contributed by atoms with Crippen LogP contribution in [0, 0.1) is 0 Å². The number of rotatable bonds is 5. The third kappa shape index (κ3) is 3.16. The lowest BCUT2D eigenvalue weighted by molar-refractivity contribution is -0.166. The van der Waals surface area contributed by atoms with Gasteiger partial charge in [0.05, 0.1) is 12.3 Å². The van der Waals surface area contributed by atoms with Crippen molar-refractivity contribution >= 4 is 0 Å². The van der Waals surface area contributed by atoms with Crippen molar-refractivity contribution in [3.05, 3.63) is 11.4 Å². The first-order valence-corrected chi connectivity index (χ1v) is 5.05. The van der Waals surface area contributed by atoms with Crippen molar-refractivity contribution in [2.45, 2.75) is 32.3 Å². The number of hydrogen-bond donors (Lipinski definition) is 1. The molecule has 0 amide bonds. The minimum atomic E-state index is -4.35. The number of nitrogens with zero attached hydrogens (tertiary/aromatic N) is 3. The largest absolute Gasteiger partial charge is 0.410 e. The number of aromatic nitrogens is 3. The predicted octanol–water partition coefficient (Wildman–Crippen LogP) is 1.27. The molecule has 0 saturated carbocycles. The Balaban J connectivity index is 3.06. The van der Waals surface area contributed by atoms with Crippen LogP contribution in [0.3, 0.4) is 0 Å². The molecule has 8 heteroatoms. The first kappa shape index (κ1) is 13.9. The van der Waals surface area contributed by atoms with Crippen LogP contribution in [0.4, 0.5) is 13.2 Å². The number of nitrogens with one attached hydrogen (secondary N) is 1. The molecule has 0 fully saturated rings. The van der Waals surface area contributed by atoms with Gasteiger partial charge >= 0.3 is 6.18 Å². The Morgan fingerprint density at radius 1 is 1.47 bits per heavy atom. The van der Waals surface area contributed by atoms with E-state index in [1.54, 1.807) is 7.05 Å². The highest BCUT2D eigenvalue weighted by molar-refractivity contribution is 5.10. The minimum Gasteiger partial charge on any atom is -0.378 e. The lowest BCUT2D eigenvalue weighted by Gasteiger charge is -2.17. The van der Waals surface area contributed by atoms with E-state index in [9.17, 15) is 13.2 Å². The fraction of sp³-hybridized carbons (Fsp3) is 0.778. The van der Waals surface area contributed by atoms with Gasteiger partial charge in [0.25, 0.3) is 0 Å². The van der Waals surface area contributed by atoms with Gasteiger partial charge in [-0.1, -0.05) is 5.21 Å². The molecule has 0 spiro atoms. The molecule has 0 aliphatic carbocycles. The van der Waals surface area contributed by atoms with Gasteiger partial charge in [0, 0.05) is 13.7 Å². The van der Waals surface area contributed by atoms with Crippen molar-refractivity contribution in [1.29, 1.82) is 0 Å². The van der Waals surface area contributed by atoms with E-state index in [-0.39, 0.29) is 6.61 Å². The molecule has 0 aromatic carbocycles. The normalized spacial score (nSPS) is 14.0. The smallest absolute Gasteiger partial charge is 0.378 e. The molecule has 1 atom stereocenters. The van der Waals surface area contributed by atoms with Gasteiger partial charge in [-0.05, 0) is 14.0 Å². The molecule has 98 valence electrons. The summed E-state index contributed by atoms with van der Waals surface area (Å²) in [5, 5.41) is 10.1. The standard InChI is InChI=1S/C9H15F3N4O/c1-6(9(10,11)12)16-8(5-17-3)7(4-13-2)14-15-16/h6,13H,4-5H2,1-3H3. The lowest BCUT2D eigenvalue weighted by Crippen LogP contribution is -2.26. The highest BCUT2D eigenvalue weighted by atomic mass is 19.4. The van der Waals surface area contributed by atoms with Crippen molar-refractivity contribution < 1.29 is 17.9 Å². The van der Waals surface area contributed by atoms with Crippen molar-refractivity contribution in [3.8, 4) is 0 Å². The summed E-state index contributed by atoms with van der Waals surface area (Å²) in [7, 11) is 3.10. The molecule has 0 saturated heterocycles. The zero-order chi connectivity index (χ0) is 13.1. The quantitative estimate of drug-likeness (QED) is 0.857. The topological polar surface area (TPSA) is 52.0 Å². The van der Waals surface area contributed by atoms with Crippen molar-refractivity contribution in [3.63, 3.8) is 0 Å². The monoisotopic (exact) mass is 252 g/mol. The second-order valence-electron chi connectivity index (χ2n) is 3.61. The lowest BCUT2D eigenvalue weighted by atomic mass is 10.2. The summed E-state index contributed by atoms with van der Waals surface area (Å²) in [6, 6.07) is -1.72. The molecule has 0 radical (unpaired) electrons. The maximum Gasteiger partial charge on any atom is 0.410 e. The molecule has 0 bridgehead atoms. The molecule has 1 unspecified atom stereocenters. The van der Waals surface area contributed by atoms with Crippen molar-refractivity contribution in [2.24, 2.45) is 0 Å². The molecule has 1 heterocycles. The van der Waals surface area contributed by atoms with Crippen LogP contribution in [0.25, 0.3) is 0 Å². The molecule has 1 aromatic rings. The van der Waals surface area contributed by atoms with E-state index in [0.29, 0.717) is 17.9 Å². The van der Waals surface area contributed by atoms with Gasteiger partial charge < -0.3 is 10.1 Å². The third-order valence-corrected chi connectivity index (χ3v) is 2.34. The van der Waals surface area contributed by atoms with E-state index in [2.05, 4.69) is 15.6 Å². The molecule has 1 N–H and O–H groups in total. The summed E-state index contributed by atoms with van der Waals surface area (Å²) in [4.78, 5) is 0. The number of halogens is 3. The zero-order valence-corrected chi connectivity index (χ0v) is 9.88. The number of methoxy groups -OCH3 is 1. The van der Waals surface area contributed by atoms with Gasteiger partial charge in [0.15, 0.2) is 0 Å². The number of alkyl halides is 3. The van der Waals surface area contributed by atoms with Gasteiger partial charge in [-0.15, -0.1) is 5.10 Å². The van der Waals surface area contributed by atoms with Crippen LogP contribution < -0.4 is 5.32 Å². The van der Waals surface area contributed by atoms with Crippen LogP contribution >= 0.6 is 0 Å². The molecular weight excluding hydrogens is 237 g/mol. The van der Waals surface area contributed by atoms with Crippen molar-refractivity contribution in [2.75, 3.05) is 14.2 Å². The summed E-state index contributed by atoms with van der Waals surface area (Å²) in [6.45, 7) is 1.44. The molecule has 1 rings (SSSR count). The van der Waals surface area contributed by atoms with E-state index in [1.807, 2.05) is 0 Å². The van der Waals surface area contributed by atoms with Gasteiger partial charge in [-0.2, -0.15) is 13.2 Å². The Kier molecular flexibility index (Phi) is 4.47. The van der Waals surface area contributed by atoms with Crippen LogP contribution in [0.15, 0.2) is 0 Å². The number of ether oxygens (including phenoxy) is 1. The molecule has 0 aliphatic heterocycles. The number of hydrogen-bond acceptors (Lipinski definition) is 4. The molecule has 1 aromatic heterocycles. The van der Waals surface area contributed by atoms with Gasteiger partial charge in [-0.3, -0.25) is 0 Å². The van der Waals surface area contributed by atoms with E-state index in [1.165, 1.54) is 7.11 Å². The van der Waals surface area contributed by atoms with Gasteiger partial charge in [-0.25, -0.2) is 4.68 Å². The Hall–Kier alpha value is -1.15. The van der Waals surface area contributed by atoms with Gasteiger partial charge in [0.1, 0.15) is 11.7 Å². The van der Waals surface area contributed by atoms with E-state index < -0.39 is 12.2 Å². The Labute approximate surface area is 96.9 Å². The maximum atomic E-state index is 12.6. The van der Waals surface area contributed by atoms with Crippen molar-refractivity contribution in [1.82, 2.24) is 20.3 Å². The molecular formula is C9H15F3N4O. The fourth-order valence-corrected chi connectivity index (χ4v) is 1.39. The predicted molar refractivity (Wildman–Crippen MR) is 54.3 cm³/mol. The Morgan fingerprint density at radius 3 is 2.59 bits per heavy atom. The van der Waals surface area contributed by atoms with Crippen LogP contribution in [-0.2, 0) is 17.9 Å². The van der Waals surface area contributed by atoms with Crippen LogP contribution in [0.5, 0.6) is 0 Å². The second kappa shape index (κ2) is 5.46. The Morgan fingerprint density at radius 2 is 2.12 bits per heavy atom. The van der Waals surface area contributed by atoms with Crippen LogP contribution in [0.2, 0.25) is 0 Å². The van der Waals surface area contributed by atoms with Crippen LogP contribution in [0.1, 0.15) is 24.4 Å². The first-order chi connectivity index (χ1) is 7.91. The maximum absolute atomic E-state index is 12.6. The fourth-order valence-electron chi connectivity index (χ4n) is 1.39. The summed E-state index contributed by atoms with van der Waals surface area (Å²) in [6.07, 6.45) is -4.35. The molecule has 17 heavy (non-hydrogen) atoms. The summed E-state index contributed by atoms with van der Waals surface area (Å²) < 4.78 is 43.6. The van der Waals surface area contributed by atoms with E-state index in [0.717, 1.165) is 11.6 Å². The first-order valence-electron chi connectivity index (χ1n) is 5.05. The SMILES string of the molecule is CNCc1nnn(C(C)C(F)(F)F)c1COC. The summed E-state index contributed by atoms with van der Waals surface area (Å²) >= 11 is 0. The van der Waals surface area contributed by atoms with Gasteiger partial charge in [0.2, 0.25) is 0 Å². The molecule has 0 aliphatic rings. The third-order valence-electron chi connectivity index (χ3n) is 2.34. The second-order valence-corrected chi connectivity index (χ2v) is 3.61. The Bertz CT molecular complexity index is 364. The summed E-state index contributed by atoms with van der Waals surface area (Å²) in [5.41, 5.74) is 0.803.